The van der Waals surface area contributed by atoms with Crippen molar-refractivity contribution < 1.29 is 66.5 Å². The third kappa shape index (κ3) is 7.05. The fourth-order valence-corrected chi connectivity index (χ4v) is 11.0. The van der Waals surface area contributed by atoms with Crippen molar-refractivity contribution in [2.75, 3.05) is 11.1 Å². The summed E-state index contributed by atoms with van der Waals surface area (Å²) in [4.78, 5) is 66.9. The lowest BCUT2D eigenvalue weighted by Gasteiger charge is -2.25. The largest absolute Gasteiger partial charge is 0.354 e. The first-order valence-electron chi connectivity index (χ1n) is 17.8. The van der Waals surface area contributed by atoms with Crippen molar-refractivity contribution in [3.63, 3.8) is 0 Å². The van der Waals surface area contributed by atoms with Gasteiger partial charge in [-0.1, -0.05) is 60.7 Å². The number of carbonyl (C=O) groups excluding carboxylic acids is 4. The quantitative estimate of drug-likeness (QED) is 0.0685. The van der Waals surface area contributed by atoms with Crippen LogP contribution in [0.25, 0.3) is 22.0 Å². The SMILES string of the molecule is O=C(c1cccc(S(=O)(=O)O)c1)c1c2c3c(c(Nc4ccc(S(=O)(=O)CCC5C(=O)c6ccccc6C5=O)cc4S(=O)(=O)O)cc(S(=O)(=O)O)c3[nH]c1=O)C(=O)c1ccccc1-2. The van der Waals surface area contributed by atoms with Gasteiger partial charge in [-0.05, 0) is 48.4 Å². The van der Waals surface area contributed by atoms with Gasteiger partial charge in [0, 0.05) is 33.2 Å². The number of benzene rings is 5. The number of carbonyl (C=O) groups is 4. The number of nitrogens with one attached hydrogen (secondary N) is 2. The second-order valence-corrected chi connectivity index (χ2v) is 20.4. The summed E-state index contributed by atoms with van der Waals surface area (Å²) in [5.41, 5.74) is -5.26. The molecule has 0 fully saturated rings. The van der Waals surface area contributed by atoms with Crippen molar-refractivity contribution in [1.82, 2.24) is 4.98 Å². The van der Waals surface area contributed by atoms with Gasteiger partial charge in [0.15, 0.2) is 33.0 Å². The first-order chi connectivity index (χ1) is 29.0. The fraction of sp³-hybridized carbons (Fsp3) is 0.0750. The number of H-pyrrole nitrogens is 1. The van der Waals surface area contributed by atoms with Gasteiger partial charge in [-0.2, -0.15) is 25.3 Å². The van der Waals surface area contributed by atoms with Gasteiger partial charge in [0.2, 0.25) is 0 Å². The number of anilines is 2. The standard InChI is InChI=1S/C40H26N2O16S4/c43-36(19-6-5-7-21(16-19)60(50,51)52)34-31-22-8-1-2-9-23(22)39(46)32-28(18-30(62(56,57)58)35(33(31)32)42-40(34)47)41-27-13-12-20(17-29(27)61(53,54)55)59(48,49)15-14-26-37(44)24-10-3-4-11-25(24)38(26)45/h1-13,16-18,26,41H,14-15H2,(H,42,47)(H,50,51,52)(H,53,54,55)(H,56,57,58). The van der Waals surface area contributed by atoms with Crippen LogP contribution in [0.4, 0.5) is 11.4 Å². The number of fused-ring (bicyclic) bond motifs is 3. The molecular formula is C40H26N2O16S4. The summed E-state index contributed by atoms with van der Waals surface area (Å²) in [5, 5.41) is 2.06. The predicted molar refractivity (Wildman–Crippen MR) is 218 cm³/mol. The van der Waals surface area contributed by atoms with Gasteiger partial charge in [0.05, 0.1) is 49.5 Å². The Kier molecular flexibility index (Phi) is 9.89. The van der Waals surface area contributed by atoms with Crippen LogP contribution in [0.3, 0.4) is 0 Å². The van der Waals surface area contributed by atoms with Gasteiger partial charge in [0.25, 0.3) is 35.9 Å². The second-order valence-electron chi connectivity index (χ2n) is 14.1. The molecule has 8 rings (SSSR count). The van der Waals surface area contributed by atoms with Crippen molar-refractivity contribution in [3.05, 3.63) is 141 Å². The number of aromatic nitrogens is 1. The van der Waals surface area contributed by atoms with Crippen molar-refractivity contribution in [2.24, 2.45) is 5.92 Å². The molecular weight excluding hydrogens is 893 g/mol. The molecule has 1 aromatic heterocycles. The van der Waals surface area contributed by atoms with Crippen LogP contribution in [0.15, 0.2) is 121 Å². The lowest BCUT2D eigenvalue weighted by atomic mass is 9.80. The van der Waals surface area contributed by atoms with Crippen LogP contribution in [0, 0.1) is 5.92 Å². The van der Waals surface area contributed by atoms with Gasteiger partial charge in [-0.15, -0.1) is 0 Å². The summed E-state index contributed by atoms with van der Waals surface area (Å²) in [6.07, 6.45) is -0.473. The molecule has 6 aromatic rings. The molecule has 2 aliphatic rings. The smallest absolute Gasteiger partial charge is 0.296 e. The van der Waals surface area contributed by atoms with Gasteiger partial charge < -0.3 is 10.3 Å². The molecule has 1 heterocycles. The Labute approximate surface area is 350 Å². The molecule has 0 saturated carbocycles. The molecule has 2 aliphatic carbocycles. The highest BCUT2D eigenvalue weighted by atomic mass is 32.2. The van der Waals surface area contributed by atoms with Gasteiger partial charge in [-0.3, -0.25) is 37.6 Å². The van der Waals surface area contributed by atoms with E-state index in [0.29, 0.717) is 12.1 Å². The Bertz CT molecular complexity index is 3560. The maximum atomic E-state index is 14.4. The van der Waals surface area contributed by atoms with E-state index in [1.807, 2.05) is 0 Å². The molecule has 0 atom stereocenters. The zero-order valence-electron chi connectivity index (χ0n) is 31.0. The molecule has 22 heteroatoms. The number of aromatic amines is 1. The van der Waals surface area contributed by atoms with E-state index in [4.69, 9.17) is 0 Å². The molecule has 5 aromatic carbocycles. The van der Waals surface area contributed by atoms with Crippen LogP contribution >= 0.6 is 0 Å². The molecule has 316 valence electrons. The minimum Gasteiger partial charge on any atom is -0.354 e. The van der Waals surface area contributed by atoms with Crippen LogP contribution in [-0.2, 0) is 40.2 Å². The zero-order valence-corrected chi connectivity index (χ0v) is 34.3. The molecule has 18 nitrogen and oxygen atoms in total. The van der Waals surface area contributed by atoms with E-state index in [1.165, 1.54) is 48.5 Å². The fourth-order valence-electron chi connectivity index (χ4n) is 7.66. The molecule has 0 amide bonds. The Balaban J connectivity index is 1.29. The molecule has 0 unspecified atom stereocenters. The number of hydrogen-bond acceptors (Lipinski definition) is 14. The van der Waals surface area contributed by atoms with E-state index in [0.717, 1.165) is 36.4 Å². The highest BCUT2D eigenvalue weighted by Gasteiger charge is 2.40. The summed E-state index contributed by atoms with van der Waals surface area (Å²) in [6.45, 7) is 0. The number of pyridine rings is 1. The Morgan fingerprint density at radius 1 is 0.597 bits per heavy atom. The van der Waals surface area contributed by atoms with Crippen molar-refractivity contribution in [2.45, 2.75) is 26.0 Å². The highest BCUT2D eigenvalue weighted by molar-refractivity contribution is 7.91. The normalized spacial score (nSPS) is 14.2. The van der Waals surface area contributed by atoms with Crippen molar-refractivity contribution >= 4 is 85.6 Å². The summed E-state index contributed by atoms with van der Waals surface area (Å²) < 4.78 is 133. The Morgan fingerprint density at radius 2 is 1.19 bits per heavy atom. The van der Waals surface area contributed by atoms with Gasteiger partial charge >= 0.3 is 0 Å². The third-order valence-corrected chi connectivity index (χ3v) is 14.8. The number of rotatable bonds is 11. The maximum absolute atomic E-state index is 14.4. The highest BCUT2D eigenvalue weighted by Crippen LogP contribution is 2.46. The average molecular weight is 919 g/mol. The number of ketones is 4. The summed E-state index contributed by atoms with van der Waals surface area (Å²) in [5.74, 6) is -5.38. The van der Waals surface area contributed by atoms with Gasteiger partial charge in [-0.25, -0.2) is 8.42 Å². The zero-order chi connectivity index (χ0) is 44.8. The summed E-state index contributed by atoms with van der Waals surface area (Å²) in [6, 6.07) is 18.3. The minimum absolute atomic E-state index is 0.0908. The summed E-state index contributed by atoms with van der Waals surface area (Å²) >= 11 is 0. The second kappa shape index (κ2) is 14.5. The monoisotopic (exact) mass is 918 g/mol. The van der Waals surface area contributed by atoms with E-state index in [1.54, 1.807) is 0 Å². The topological polar surface area (TPSA) is 310 Å². The first-order valence-corrected chi connectivity index (χ1v) is 23.8. The van der Waals surface area contributed by atoms with Crippen molar-refractivity contribution in [1.29, 1.82) is 0 Å². The van der Waals surface area contributed by atoms with Crippen LogP contribution in [-0.4, -0.2) is 81.2 Å². The number of Topliss-reactive ketones (excluding diaryl/α,β-unsaturated/α-hetero) is 2. The first kappa shape index (κ1) is 42.2. The molecule has 0 saturated heterocycles. The van der Waals surface area contributed by atoms with E-state index in [2.05, 4.69) is 10.3 Å². The lowest BCUT2D eigenvalue weighted by Crippen LogP contribution is -2.25. The van der Waals surface area contributed by atoms with Crippen molar-refractivity contribution in [3.8, 4) is 11.1 Å². The molecule has 0 radical (unpaired) electrons. The van der Waals surface area contributed by atoms with E-state index >= 15 is 0 Å². The van der Waals surface area contributed by atoms with Gasteiger partial charge in [0.1, 0.15) is 9.79 Å². The van der Waals surface area contributed by atoms with Crippen LogP contribution in [0.1, 0.15) is 59.0 Å². The Hall–Kier alpha value is -6.53. The van der Waals surface area contributed by atoms with E-state index in [-0.39, 0.29) is 27.8 Å². The average Bonchev–Trinajstić information content (AvgIpc) is 3.45. The van der Waals surface area contributed by atoms with Crippen LogP contribution in [0.2, 0.25) is 0 Å². The molecule has 62 heavy (non-hydrogen) atoms. The lowest BCUT2D eigenvalue weighted by molar-refractivity contribution is 0.0834. The predicted octanol–water partition coefficient (Wildman–Crippen LogP) is 4.31. The molecule has 0 aliphatic heterocycles. The van der Waals surface area contributed by atoms with E-state index in [9.17, 15) is 71.3 Å². The summed E-state index contributed by atoms with van der Waals surface area (Å²) in [7, 11) is -20.1. The number of sulfone groups is 1. The molecule has 0 spiro atoms. The molecule has 5 N–H and O–H groups in total. The third-order valence-electron chi connectivity index (χ3n) is 10.4. The molecule has 0 bridgehead atoms. The minimum atomic E-state index is -5.39. The Morgan fingerprint density at radius 3 is 1.79 bits per heavy atom. The van der Waals surface area contributed by atoms with E-state index < -0.39 is 146 Å². The van der Waals surface area contributed by atoms with Crippen LogP contribution in [0.5, 0.6) is 0 Å². The maximum Gasteiger partial charge on any atom is 0.296 e. The number of hydrogen-bond donors (Lipinski definition) is 5. The van der Waals surface area contributed by atoms with Crippen LogP contribution < -0.4 is 10.9 Å².